The molecule has 0 aromatic carbocycles. The van der Waals surface area contributed by atoms with Crippen LogP contribution in [0.1, 0.15) is 31.9 Å². The number of nitrogens with zero attached hydrogens (tertiary/aromatic N) is 4. The lowest BCUT2D eigenvalue weighted by molar-refractivity contribution is -0.114. The number of aromatic nitrogens is 3. The lowest BCUT2D eigenvalue weighted by atomic mass is 10.1. The molecule has 0 saturated carbocycles. The summed E-state index contributed by atoms with van der Waals surface area (Å²) in [4.78, 5) is 25.8. The summed E-state index contributed by atoms with van der Waals surface area (Å²) < 4.78 is 27.3. The molecule has 3 rings (SSSR count). The van der Waals surface area contributed by atoms with E-state index in [0.717, 1.165) is 37.3 Å². The van der Waals surface area contributed by atoms with E-state index in [0.29, 0.717) is 11.6 Å². The Bertz CT molecular complexity index is 877. The van der Waals surface area contributed by atoms with Crippen molar-refractivity contribution >= 4 is 38.3 Å². The Hall–Kier alpha value is -2.11. The van der Waals surface area contributed by atoms with E-state index < -0.39 is 10.0 Å². The third kappa shape index (κ3) is 4.74. The summed E-state index contributed by atoms with van der Waals surface area (Å²) in [6.45, 7) is 3.23. The average Bonchev–Trinajstić information content (AvgIpc) is 3.10. The Morgan fingerprint density at radius 1 is 1.27 bits per heavy atom. The first-order chi connectivity index (χ1) is 12.4. The molecule has 0 aliphatic carbocycles. The Morgan fingerprint density at radius 2 is 2.04 bits per heavy atom. The van der Waals surface area contributed by atoms with Gasteiger partial charge in [-0.25, -0.2) is 28.1 Å². The number of amides is 1. The zero-order valence-electron chi connectivity index (χ0n) is 14.3. The number of thiazole rings is 1. The van der Waals surface area contributed by atoms with Gasteiger partial charge in [-0.1, -0.05) is 11.3 Å². The maximum atomic E-state index is 12.4. The molecule has 1 aliphatic rings. The molecule has 140 valence electrons. The van der Waals surface area contributed by atoms with Gasteiger partial charge in [0.05, 0.1) is 18.4 Å². The number of anilines is 2. The standard InChI is InChI=1S/C15H20N6O3S2/c1-11(22)19-15-17-10-13(25-15)26(23,24)18-9-12-5-6-16-14(20-12)21-7-3-2-4-8-21/h5-6,10,18H,2-4,7-9H2,1H3,(H,17,19,22). The van der Waals surface area contributed by atoms with Crippen LogP contribution in [-0.4, -0.2) is 42.4 Å². The fourth-order valence-electron chi connectivity index (χ4n) is 2.56. The number of hydrogen-bond acceptors (Lipinski definition) is 8. The Balaban J connectivity index is 1.66. The maximum Gasteiger partial charge on any atom is 0.252 e. The number of carbonyl (C=O) groups excluding carboxylic acids is 1. The van der Waals surface area contributed by atoms with E-state index in [1.807, 2.05) is 0 Å². The molecule has 0 atom stereocenters. The van der Waals surface area contributed by atoms with Gasteiger partial charge in [-0.2, -0.15) is 0 Å². The molecule has 0 spiro atoms. The Kier molecular flexibility index (Phi) is 5.79. The van der Waals surface area contributed by atoms with Gasteiger partial charge in [-0.3, -0.25) is 4.79 Å². The van der Waals surface area contributed by atoms with Crippen molar-refractivity contribution < 1.29 is 13.2 Å². The number of carbonyl (C=O) groups is 1. The third-order valence-corrected chi connectivity index (χ3v) is 6.59. The molecule has 1 amide bonds. The predicted molar refractivity (Wildman–Crippen MR) is 98.5 cm³/mol. The Labute approximate surface area is 155 Å². The molecule has 0 radical (unpaired) electrons. The molecule has 2 N–H and O–H groups in total. The summed E-state index contributed by atoms with van der Waals surface area (Å²) in [7, 11) is -3.73. The van der Waals surface area contributed by atoms with Crippen LogP contribution in [-0.2, 0) is 21.4 Å². The molecule has 0 unspecified atom stereocenters. The van der Waals surface area contributed by atoms with Crippen LogP contribution in [0, 0.1) is 0 Å². The molecule has 9 nitrogen and oxygen atoms in total. The van der Waals surface area contributed by atoms with E-state index in [4.69, 9.17) is 0 Å². The lowest BCUT2D eigenvalue weighted by Crippen LogP contribution is -2.31. The molecule has 1 aliphatic heterocycles. The van der Waals surface area contributed by atoms with Gasteiger partial charge in [0.25, 0.3) is 10.0 Å². The smallest absolute Gasteiger partial charge is 0.252 e. The zero-order chi connectivity index (χ0) is 18.6. The fraction of sp³-hybridized carbons (Fsp3) is 0.467. The van der Waals surface area contributed by atoms with Gasteiger partial charge in [0.15, 0.2) is 9.34 Å². The van der Waals surface area contributed by atoms with Crippen molar-refractivity contribution in [1.82, 2.24) is 19.7 Å². The minimum Gasteiger partial charge on any atom is -0.341 e. The summed E-state index contributed by atoms with van der Waals surface area (Å²) >= 11 is 0.895. The average molecular weight is 396 g/mol. The first kappa shape index (κ1) is 18.7. The monoisotopic (exact) mass is 396 g/mol. The van der Waals surface area contributed by atoms with E-state index in [-0.39, 0.29) is 21.8 Å². The highest BCUT2D eigenvalue weighted by molar-refractivity contribution is 7.91. The largest absolute Gasteiger partial charge is 0.341 e. The van der Waals surface area contributed by atoms with Crippen LogP contribution >= 0.6 is 11.3 Å². The van der Waals surface area contributed by atoms with Gasteiger partial charge >= 0.3 is 0 Å². The summed E-state index contributed by atoms with van der Waals surface area (Å²) in [5.74, 6) is 0.328. The molecular formula is C15H20N6O3S2. The molecule has 3 heterocycles. The van der Waals surface area contributed by atoms with Gasteiger partial charge in [0.2, 0.25) is 11.9 Å². The normalized spacial score (nSPS) is 15.0. The SMILES string of the molecule is CC(=O)Nc1ncc(S(=O)(=O)NCc2ccnc(N3CCCCC3)n2)s1. The summed E-state index contributed by atoms with van der Waals surface area (Å²) in [6.07, 6.45) is 6.30. The van der Waals surface area contributed by atoms with Crippen molar-refractivity contribution in [2.24, 2.45) is 0 Å². The number of hydrogen-bond donors (Lipinski definition) is 2. The van der Waals surface area contributed by atoms with Gasteiger partial charge in [0.1, 0.15) is 0 Å². The van der Waals surface area contributed by atoms with Crippen molar-refractivity contribution in [3.8, 4) is 0 Å². The van der Waals surface area contributed by atoms with Crippen molar-refractivity contribution in [2.75, 3.05) is 23.3 Å². The fourth-order valence-corrected chi connectivity index (χ4v) is 4.68. The topological polar surface area (TPSA) is 117 Å². The molecular weight excluding hydrogens is 376 g/mol. The van der Waals surface area contributed by atoms with Crippen molar-refractivity contribution in [3.63, 3.8) is 0 Å². The van der Waals surface area contributed by atoms with Crippen molar-refractivity contribution in [2.45, 2.75) is 36.9 Å². The lowest BCUT2D eigenvalue weighted by Gasteiger charge is -2.26. The van der Waals surface area contributed by atoms with Crippen LogP contribution in [0.15, 0.2) is 22.7 Å². The summed E-state index contributed by atoms with van der Waals surface area (Å²) in [6, 6.07) is 1.69. The van der Waals surface area contributed by atoms with Crippen molar-refractivity contribution in [1.29, 1.82) is 0 Å². The van der Waals surface area contributed by atoms with Crippen LogP contribution in [0.2, 0.25) is 0 Å². The van der Waals surface area contributed by atoms with Crippen LogP contribution in [0.5, 0.6) is 0 Å². The van der Waals surface area contributed by atoms with Gasteiger partial charge in [-0.15, -0.1) is 0 Å². The van der Waals surface area contributed by atoms with Crippen molar-refractivity contribution in [3.05, 3.63) is 24.2 Å². The number of sulfonamides is 1. The summed E-state index contributed by atoms with van der Waals surface area (Å²) in [5.41, 5.74) is 0.593. The highest BCUT2D eigenvalue weighted by Crippen LogP contribution is 2.23. The molecule has 2 aromatic heterocycles. The van der Waals surface area contributed by atoms with E-state index in [2.05, 4.69) is 29.9 Å². The van der Waals surface area contributed by atoms with E-state index in [9.17, 15) is 13.2 Å². The van der Waals surface area contributed by atoms with Crippen LogP contribution in [0.3, 0.4) is 0 Å². The minimum atomic E-state index is -3.73. The molecule has 1 fully saturated rings. The van der Waals surface area contributed by atoms with Gasteiger partial charge < -0.3 is 10.2 Å². The van der Waals surface area contributed by atoms with E-state index in [1.54, 1.807) is 12.3 Å². The second-order valence-corrected chi connectivity index (χ2v) is 8.91. The molecule has 0 bridgehead atoms. The third-order valence-electron chi connectivity index (χ3n) is 3.82. The minimum absolute atomic E-state index is 0.0339. The highest BCUT2D eigenvalue weighted by atomic mass is 32.2. The maximum absolute atomic E-state index is 12.4. The Morgan fingerprint density at radius 3 is 2.77 bits per heavy atom. The second kappa shape index (κ2) is 8.06. The van der Waals surface area contributed by atoms with Crippen LogP contribution in [0.25, 0.3) is 0 Å². The zero-order valence-corrected chi connectivity index (χ0v) is 15.9. The van der Waals surface area contributed by atoms with Crippen LogP contribution in [0.4, 0.5) is 11.1 Å². The number of nitrogens with one attached hydrogen (secondary N) is 2. The predicted octanol–water partition coefficient (Wildman–Crippen LogP) is 1.36. The summed E-state index contributed by atoms with van der Waals surface area (Å²) in [5, 5.41) is 2.71. The molecule has 1 saturated heterocycles. The molecule has 11 heteroatoms. The quantitative estimate of drug-likeness (QED) is 0.757. The molecule has 2 aromatic rings. The van der Waals surface area contributed by atoms with Gasteiger partial charge in [-0.05, 0) is 25.3 Å². The second-order valence-electron chi connectivity index (χ2n) is 5.89. The van der Waals surface area contributed by atoms with Gasteiger partial charge in [0, 0.05) is 26.2 Å². The van der Waals surface area contributed by atoms with Crippen LogP contribution < -0.4 is 14.9 Å². The molecule has 26 heavy (non-hydrogen) atoms. The van der Waals surface area contributed by atoms with E-state index in [1.165, 1.54) is 19.5 Å². The first-order valence-corrected chi connectivity index (χ1v) is 10.5. The highest BCUT2D eigenvalue weighted by Gasteiger charge is 2.19. The number of rotatable bonds is 6. The first-order valence-electron chi connectivity index (χ1n) is 8.24. The number of piperidine rings is 1. The van der Waals surface area contributed by atoms with E-state index >= 15 is 0 Å².